The molecule has 0 saturated heterocycles. The average molecular weight is 430 g/mol. The van der Waals surface area contributed by atoms with Crippen molar-refractivity contribution in [2.24, 2.45) is 0 Å². The van der Waals surface area contributed by atoms with Crippen LogP contribution >= 0.6 is 13.7 Å². The Morgan fingerprint density at radius 3 is 1.22 bits per heavy atom. The molecule has 152 valence electrons. The van der Waals surface area contributed by atoms with Crippen LogP contribution in [-0.4, -0.2) is 48.4 Å². The third kappa shape index (κ3) is 7.97. The molecule has 0 amide bonds. The molecular formula is C20H32O4P2S. The second-order valence-corrected chi connectivity index (χ2v) is 24.3. The zero-order chi connectivity index (χ0) is 20.4. The SMILES string of the molecule is CP(C)(C)(Cc1ccccc1)OS(=O)(=O)OP(C)(C)(C)Cc1ccccc1. The van der Waals surface area contributed by atoms with E-state index in [-0.39, 0.29) is 0 Å². The summed E-state index contributed by atoms with van der Waals surface area (Å²) in [5.41, 5.74) is 2.12. The molecular weight excluding hydrogens is 398 g/mol. The van der Waals surface area contributed by atoms with Gasteiger partial charge in [0.1, 0.15) is 0 Å². The van der Waals surface area contributed by atoms with Crippen molar-refractivity contribution in [1.82, 2.24) is 0 Å². The molecule has 0 fully saturated rings. The van der Waals surface area contributed by atoms with E-state index in [1.165, 1.54) is 0 Å². The summed E-state index contributed by atoms with van der Waals surface area (Å²) in [6.45, 7) is 5.50. The normalized spacial score (nSPS) is 16.1. The first-order valence-corrected chi connectivity index (χ1v) is 17.6. The summed E-state index contributed by atoms with van der Waals surface area (Å²) in [6, 6.07) is 19.6. The summed E-state index contributed by atoms with van der Waals surface area (Å²) in [6.07, 6.45) is 1.14. The summed E-state index contributed by atoms with van der Waals surface area (Å²) in [4.78, 5) is 0. The predicted octanol–water partition coefficient (Wildman–Crippen LogP) is 5.38. The second kappa shape index (κ2) is 7.21. The molecule has 2 rings (SSSR count). The molecule has 0 aromatic heterocycles. The Hall–Kier alpha value is -0.830. The molecule has 0 saturated carbocycles. The maximum atomic E-state index is 12.9. The van der Waals surface area contributed by atoms with Crippen LogP contribution in [0, 0.1) is 0 Å². The van der Waals surface area contributed by atoms with E-state index in [1.807, 2.05) is 101 Å². The molecule has 0 heterocycles. The van der Waals surface area contributed by atoms with E-state index in [0.717, 1.165) is 11.1 Å². The van der Waals surface area contributed by atoms with Gasteiger partial charge >= 0.3 is 165 Å². The van der Waals surface area contributed by atoms with E-state index in [0.29, 0.717) is 12.3 Å². The molecule has 0 atom stereocenters. The predicted molar refractivity (Wildman–Crippen MR) is 121 cm³/mol. The number of benzene rings is 2. The van der Waals surface area contributed by atoms with Crippen molar-refractivity contribution in [3.8, 4) is 0 Å². The van der Waals surface area contributed by atoms with Crippen LogP contribution in [0.2, 0.25) is 0 Å². The topological polar surface area (TPSA) is 52.6 Å². The van der Waals surface area contributed by atoms with Gasteiger partial charge in [0.05, 0.1) is 0 Å². The van der Waals surface area contributed by atoms with Crippen molar-refractivity contribution in [2.75, 3.05) is 40.0 Å². The first-order chi connectivity index (χ1) is 12.1. The van der Waals surface area contributed by atoms with Gasteiger partial charge in [0.2, 0.25) is 0 Å². The van der Waals surface area contributed by atoms with Crippen molar-refractivity contribution in [3.05, 3.63) is 71.8 Å². The molecule has 0 radical (unpaired) electrons. The quantitative estimate of drug-likeness (QED) is 0.528. The van der Waals surface area contributed by atoms with Crippen LogP contribution in [0.1, 0.15) is 11.1 Å². The van der Waals surface area contributed by atoms with E-state index >= 15 is 0 Å². The van der Waals surface area contributed by atoms with E-state index < -0.39 is 24.1 Å². The maximum absolute atomic E-state index is 12.9. The van der Waals surface area contributed by atoms with Crippen LogP contribution < -0.4 is 0 Å². The number of hydrogen-bond acceptors (Lipinski definition) is 4. The fourth-order valence-electron chi connectivity index (χ4n) is 3.15. The Labute approximate surface area is 164 Å². The summed E-state index contributed by atoms with van der Waals surface area (Å²) < 4.78 is 37.3. The third-order valence-electron chi connectivity index (χ3n) is 3.86. The van der Waals surface area contributed by atoms with Gasteiger partial charge in [0.25, 0.3) is 0 Å². The van der Waals surface area contributed by atoms with Crippen LogP contribution in [0.4, 0.5) is 0 Å². The van der Waals surface area contributed by atoms with Crippen molar-refractivity contribution >= 4 is 24.1 Å². The average Bonchev–Trinajstić information content (AvgIpc) is 2.43. The van der Waals surface area contributed by atoms with Crippen molar-refractivity contribution in [3.63, 3.8) is 0 Å². The molecule has 0 aliphatic heterocycles. The van der Waals surface area contributed by atoms with Gasteiger partial charge in [-0.15, -0.1) is 0 Å². The van der Waals surface area contributed by atoms with Crippen LogP contribution in [0.25, 0.3) is 0 Å². The molecule has 0 aliphatic carbocycles. The Kier molecular flexibility index (Phi) is 5.99. The minimum absolute atomic E-state index is 0.570. The fraction of sp³-hybridized carbons (Fsp3) is 0.400. The van der Waals surface area contributed by atoms with Crippen molar-refractivity contribution in [2.45, 2.75) is 12.3 Å². The zero-order valence-electron chi connectivity index (χ0n) is 17.1. The van der Waals surface area contributed by atoms with E-state index in [4.69, 9.17) is 7.94 Å². The molecule has 0 bridgehead atoms. The second-order valence-electron chi connectivity index (χ2n) is 9.78. The van der Waals surface area contributed by atoms with Gasteiger partial charge in [-0.3, -0.25) is 0 Å². The van der Waals surface area contributed by atoms with Gasteiger partial charge in [-0.25, -0.2) is 0 Å². The number of hydrogen-bond donors (Lipinski definition) is 0. The Morgan fingerprint density at radius 1 is 0.630 bits per heavy atom. The van der Waals surface area contributed by atoms with Crippen molar-refractivity contribution < 1.29 is 16.4 Å². The zero-order valence-corrected chi connectivity index (χ0v) is 19.7. The van der Waals surface area contributed by atoms with E-state index in [9.17, 15) is 8.42 Å². The van der Waals surface area contributed by atoms with Gasteiger partial charge in [-0.05, 0) is 0 Å². The molecule has 2 aromatic carbocycles. The van der Waals surface area contributed by atoms with Crippen molar-refractivity contribution in [1.29, 1.82) is 0 Å². The minimum atomic E-state index is -4.14. The molecule has 7 heteroatoms. The standard InChI is InChI=1S/C20H32O4P2S/c1-25(2,3,17-19-13-9-7-10-14-19)23-27(21,22)24-26(4,5,6)18-20-15-11-8-12-16-20/h7-16H,17-18H2,1-6H3. The molecule has 0 aliphatic rings. The molecule has 0 N–H and O–H groups in total. The summed E-state index contributed by atoms with van der Waals surface area (Å²) >= 11 is 0. The van der Waals surface area contributed by atoms with Gasteiger partial charge in [0, 0.05) is 0 Å². The Bertz CT molecular complexity index is 808. The van der Waals surface area contributed by atoms with E-state index in [1.54, 1.807) is 0 Å². The molecule has 0 unspecified atom stereocenters. The Balaban J connectivity index is 2.19. The van der Waals surface area contributed by atoms with Crippen LogP contribution in [0.3, 0.4) is 0 Å². The first-order valence-electron chi connectivity index (χ1n) is 8.88. The Morgan fingerprint density at radius 2 is 0.926 bits per heavy atom. The summed E-state index contributed by atoms with van der Waals surface area (Å²) in [7, 11) is -4.14. The first kappa shape index (κ1) is 22.5. The van der Waals surface area contributed by atoms with Gasteiger partial charge in [-0.2, -0.15) is 0 Å². The molecule has 0 spiro atoms. The summed E-state index contributed by atoms with van der Waals surface area (Å²) in [5.74, 6) is 0. The number of rotatable bonds is 8. The van der Waals surface area contributed by atoms with Crippen LogP contribution in [-0.2, 0) is 30.7 Å². The van der Waals surface area contributed by atoms with Gasteiger partial charge in [0.15, 0.2) is 0 Å². The van der Waals surface area contributed by atoms with Crippen LogP contribution in [0.15, 0.2) is 60.7 Å². The fourth-order valence-corrected chi connectivity index (χ4v) is 12.3. The summed E-state index contributed by atoms with van der Waals surface area (Å²) in [5, 5.41) is 0. The molecule has 4 nitrogen and oxygen atoms in total. The molecule has 27 heavy (non-hydrogen) atoms. The van der Waals surface area contributed by atoms with Gasteiger partial charge in [-0.1, -0.05) is 0 Å². The van der Waals surface area contributed by atoms with Crippen LogP contribution in [0.5, 0.6) is 0 Å². The third-order valence-corrected chi connectivity index (χ3v) is 12.6. The monoisotopic (exact) mass is 430 g/mol. The van der Waals surface area contributed by atoms with Gasteiger partial charge < -0.3 is 0 Å². The molecule has 2 aromatic rings. The van der Waals surface area contributed by atoms with E-state index in [2.05, 4.69) is 0 Å².